The lowest BCUT2D eigenvalue weighted by molar-refractivity contribution is -0.145. The van der Waals surface area contributed by atoms with Crippen LogP contribution in [0.2, 0.25) is 0 Å². The summed E-state index contributed by atoms with van der Waals surface area (Å²) in [5.74, 6) is -0.785. The highest BCUT2D eigenvalue weighted by Crippen LogP contribution is 2.21. The number of carbonyl (C=O) groups is 1. The van der Waals surface area contributed by atoms with E-state index >= 15 is 0 Å². The van der Waals surface area contributed by atoms with Gasteiger partial charge < -0.3 is 9.84 Å². The Morgan fingerprint density at radius 2 is 2.16 bits per heavy atom. The van der Waals surface area contributed by atoms with Gasteiger partial charge in [0.15, 0.2) is 0 Å². The summed E-state index contributed by atoms with van der Waals surface area (Å²) in [6, 6.07) is 0.152. The summed E-state index contributed by atoms with van der Waals surface area (Å²) < 4.78 is 5.49. The van der Waals surface area contributed by atoms with Gasteiger partial charge in [-0.1, -0.05) is 0 Å². The van der Waals surface area contributed by atoms with Crippen molar-refractivity contribution in [2.75, 3.05) is 26.3 Å². The van der Waals surface area contributed by atoms with Crippen molar-refractivity contribution in [3.63, 3.8) is 0 Å². The summed E-state index contributed by atoms with van der Waals surface area (Å²) in [7, 11) is 0. The first kappa shape index (κ1) is 16.4. The van der Waals surface area contributed by atoms with Gasteiger partial charge in [-0.05, 0) is 41.0 Å². The molecule has 0 bridgehead atoms. The van der Waals surface area contributed by atoms with Crippen LogP contribution >= 0.6 is 0 Å². The Kier molecular flexibility index (Phi) is 5.35. The second-order valence-corrected chi connectivity index (χ2v) is 6.54. The summed E-state index contributed by atoms with van der Waals surface area (Å²) in [6.45, 7) is 13.0. The number of nitrogens with one attached hydrogen (secondary N) is 1. The molecule has 0 aromatic rings. The third-order valence-corrected chi connectivity index (χ3v) is 3.78. The molecule has 112 valence electrons. The summed E-state index contributed by atoms with van der Waals surface area (Å²) in [5.41, 5.74) is -0.891. The van der Waals surface area contributed by atoms with Gasteiger partial charge in [0, 0.05) is 24.7 Å². The molecule has 1 fully saturated rings. The van der Waals surface area contributed by atoms with Crippen LogP contribution in [0.15, 0.2) is 0 Å². The molecule has 0 amide bonds. The number of hydrogen-bond donors (Lipinski definition) is 2. The maximum Gasteiger partial charge on any atom is 0.323 e. The number of hydrogen-bond acceptors (Lipinski definition) is 4. The van der Waals surface area contributed by atoms with E-state index in [9.17, 15) is 9.90 Å². The topological polar surface area (TPSA) is 61.8 Å². The highest BCUT2D eigenvalue weighted by molar-refractivity contribution is 5.78. The van der Waals surface area contributed by atoms with Crippen molar-refractivity contribution >= 4 is 5.97 Å². The molecule has 0 saturated carbocycles. The van der Waals surface area contributed by atoms with Crippen molar-refractivity contribution in [1.82, 2.24) is 10.2 Å². The molecule has 1 rings (SSSR count). The molecule has 5 nitrogen and oxygen atoms in total. The predicted molar refractivity (Wildman–Crippen MR) is 75.4 cm³/mol. The molecule has 0 radical (unpaired) electrons. The van der Waals surface area contributed by atoms with Gasteiger partial charge >= 0.3 is 5.97 Å². The summed E-state index contributed by atoms with van der Waals surface area (Å²) in [4.78, 5) is 13.8. The first-order valence-corrected chi connectivity index (χ1v) is 7.01. The SMILES string of the molecule is CC(C)NC(C)(CCN1CCOCC1(C)C)C(=O)O. The highest BCUT2D eigenvalue weighted by Gasteiger charge is 2.36. The molecule has 1 atom stereocenters. The molecule has 19 heavy (non-hydrogen) atoms. The Labute approximate surface area is 116 Å². The van der Waals surface area contributed by atoms with Gasteiger partial charge in [-0.3, -0.25) is 15.0 Å². The van der Waals surface area contributed by atoms with E-state index in [0.717, 1.165) is 19.7 Å². The van der Waals surface area contributed by atoms with Crippen LogP contribution in [0.1, 0.15) is 41.0 Å². The van der Waals surface area contributed by atoms with E-state index in [0.29, 0.717) is 13.0 Å². The fourth-order valence-corrected chi connectivity index (χ4v) is 2.54. The van der Waals surface area contributed by atoms with E-state index in [4.69, 9.17) is 4.74 Å². The standard InChI is InChI=1S/C14H28N2O3/c1-11(2)15-14(5,12(17)18)6-7-16-8-9-19-10-13(16,3)4/h11,15H,6-10H2,1-5H3,(H,17,18). The van der Waals surface area contributed by atoms with E-state index in [1.807, 2.05) is 13.8 Å². The largest absolute Gasteiger partial charge is 0.480 e. The van der Waals surface area contributed by atoms with Crippen LogP contribution in [0.25, 0.3) is 0 Å². The predicted octanol–water partition coefficient (Wildman–Crippen LogP) is 1.33. The van der Waals surface area contributed by atoms with Crippen LogP contribution in [-0.2, 0) is 9.53 Å². The number of carboxylic acid groups (broad SMARTS) is 1. The lowest BCUT2D eigenvalue weighted by atomic mass is 9.94. The molecule has 1 saturated heterocycles. The fourth-order valence-electron chi connectivity index (χ4n) is 2.54. The zero-order valence-electron chi connectivity index (χ0n) is 12.8. The van der Waals surface area contributed by atoms with Crippen LogP contribution < -0.4 is 5.32 Å². The van der Waals surface area contributed by atoms with E-state index in [-0.39, 0.29) is 11.6 Å². The normalized spacial score (nSPS) is 23.3. The van der Waals surface area contributed by atoms with Gasteiger partial charge in [0.25, 0.3) is 0 Å². The number of rotatable bonds is 6. The third-order valence-electron chi connectivity index (χ3n) is 3.78. The van der Waals surface area contributed by atoms with E-state index in [1.165, 1.54) is 0 Å². The molecule has 1 aliphatic heterocycles. The fraction of sp³-hybridized carbons (Fsp3) is 0.929. The van der Waals surface area contributed by atoms with Gasteiger partial charge in [-0.25, -0.2) is 0 Å². The maximum atomic E-state index is 11.5. The highest BCUT2D eigenvalue weighted by atomic mass is 16.5. The van der Waals surface area contributed by atoms with Crippen molar-refractivity contribution in [3.05, 3.63) is 0 Å². The van der Waals surface area contributed by atoms with Crippen molar-refractivity contribution in [2.45, 2.75) is 58.2 Å². The minimum atomic E-state index is -0.872. The number of nitrogens with zero attached hydrogens (tertiary/aromatic N) is 1. The van der Waals surface area contributed by atoms with E-state index in [1.54, 1.807) is 6.92 Å². The van der Waals surface area contributed by atoms with Crippen molar-refractivity contribution < 1.29 is 14.6 Å². The second kappa shape index (κ2) is 6.20. The minimum Gasteiger partial charge on any atom is -0.480 e. The van der Waals surface area contributed by atoms with Gasteiger partial charge in [0.05, 0.1) is 13.2 Å². The molecule has 2 N–H and O–H groups in total. The quantitative estimate of drug-likeness (QED) is 0.764. The van der Waals surface area contributed by atoms with Crippen LogP contribution in [0.5, 0.6) is 0 Å². The Bertz CT molecular complexity index is 318. The Hall–Kier alpha value is -0.650. The molecule has 5 heteroatoms. The smallest absolute Gasteiger partial charge is 0.323 e. The van der Waals surface area contributed by atoms with Crippen molar-refractivity contribution in [2.24, 2.45) is 0 Å². The number of aliphatic carboxylic acids is 1. The zero-order chi connectivity index (χ0) is 14.7. The molecule has 0 aromatic carbocycles. The van der Waals surface area contributed by atoms with Gasteiger partial charge in [0.1, 0.15) is 5.54 Å². The Morgan fingerprint density at radius 3 is 2.63 bits per heavy atom. The van der Waals surface area contributed by atoms with Crippen molar-refractivity contribution in [3.8, 4) is 0 Å². The Morgan fingerprint density at radius 1 is 1.53 bits per heavy atom. The maximum absolute atomic E-state index is 11.5. The monoisotopic (exact) mass is 272 g/mol. The van der Waals surface area contributed by atoms with Gasteiger partial charge in [0.2, 0.25) is 0 Å². The third kappa shape index (κ3) is 4.44. The summed E-state index contributed by atoms with van der Waals surface area (Å²) >= 11 is 0. The molecule has 0 aliphatic carbocycles. The molecular weight excluding hydrogens is 244 g/mol. The average Bonchev–Trinajstić information content (AvgIpc) is 2.25. The Balaban J connectivity index is 2.63. The number of carboxylic acids is 1. The van der Waals surface area contributed by atoms with E-state index < -0.39 is 11.5 Å². The first-order valence-electron chi connectivity index (χ1n) is 7.01. The van der Waals surface area contributed by atoms with Gasteiger partial charge in [-0.2, -0.15) is 0 Å². The van der Waals surface area contributed by atoms with Crippen LogP contribution in [0.3, 0.4) is 0 Å². The second-order valence-electron chi connectivity index (χ2n) is 6.54. The molecular formula is C14H28N2O3. The molecule has 1 unspecified atom stereocenters. The zero-order valence-corrected chi connectivity index (χ0v) is 12.8. The van der Waals surface area contributed by atoms with Crippen molar-refractivity contribution in [1.29, 1.82) is 0 Å². The number of morpholine rings is 1. The summed E-state index contributed by atoms with van der Waals surface area (Å²) in [6.07, 6.45) is 0.587. The van der Waals surface area contributed by atoms with Crippen LogP contribution in [-0.4, -0.2) is 59.4 Å². The summed E-state index contributed by atoms with van der Waals surface area (Å²) in [5, 5.41) is 12.6. The molecule has 0 spiro atoms. The van der Waals surface area contributed by atoms with Crippen LogP contribution in [0.4, 0.5) is 0 Å². The minimum absolute atomic E-state index is 0.0184. The lowest BCUT2D eigenvalue weighted by Crippen LogP contribution is -2.57. The van der Waals surface area contributed by atoms with E-state index in [2.05, 4.69) is 24.1 Å². The molecule has 1 heterocycles. The van der Waals surface area contributed by atoms with Crippen LogP contribution in [0, 0.1) is 0 Å². The average molecular weight is 272 g/mol. The number of ether oxygens (including phenoxy) is 1. The first-order chi connectivity index (χ1) is 8.67. The molecule has 1 aliphatic rings. The van der Waals surface area contributed by atoms with Gasteiger partial charge in [-0.15, -0.1) is 0 Å². The lowest BCUT2D eigenvalue weighted by Gasteiger charge is -2.43. The molecule has 0 aromatic heterocycles.